The first-order chi connectivity index (χ1) is 7.63. The summed E-state index contributed by atoms with van der Waals surface area (Å²) in [6.07, 6.45) is 0.126. The van der Waals surface area contributed by atoms with Crippen LogP contribution in [0.25, 0.3) is 0 Å². The molecule has 1 fully saturated rings. The maximum atomic E-state index is 13.5. The molecule has 1 aliphatic heterocycles. The van der Waals surface area contributed by atoms with Gasteiger partial charge in [-0.2, -0.15) is 5.26 Å². The van der Waals surface area contributed by atoms with Crippen LogP contribution in [0.3, 0.4) is 0 Å². The van der Waals surface area contributed by atoms with Crippen molar-refractivity contribution in [2.75, 3.05) is 11.4 Å². The van der Waals surface area contributed by atoms with Gasteiger partial charge < -0.3 is 4.90 Å². The molecule has 0 radical (unpaired) electrons. The van der Waals surface area contributed by atoms with Crippen molar-refractivity contribution in [2.45, 2.75) is 6.42 Å². The number of hydrogen-bond donors (Lipinski definition) is 0. The predicted molar refractivity (Wildman–Crippen MR) is 57.5 cm³/mol. The summed E-state index contributed by atoms with van der Waals surface area (Å²) >= 11 is 5.85. The summed E-state index contributed by atoms with van der Waals surface area (Å²) in [5.41, 5.74) is 0.0758. The molecule has 1 unspecified atom stereocenters. The second-order valence-electron chi connectivity index (χ2n) is 3.60. The minimum Gasteiger partial charge on any atom is -0.307 e. The number of carbonyl (C=O) groups excluding carboxylic acids is 1. The van der Waals surface area contributed by atoms with Crippen molar-refractivity contribution in [1.29, 1.82) is 5.26 Å². The normalized spacial score (nSPS) is 19.9. The fourth-order valence-electron chi connectivity index (χ4n) is 1.76. The van der Waals surface area contributed by atoms with Gasteiger partial charge in [0.1, 0.15) is 5.82 Å². The van der Waals surface area contributed by atoms with Crippen molar-refractivity contribution < 1.29 is 9.18 Å². The van der Waals surface area contributed by atoms with Crippen molar-refractivity contribution in [1.82, 2.24) is 0 Å². The zero-order chi connectivity index (χ0) is 11.7. The van der Waals surface area contributed by atoms with Gasteiger partial charge in [-0.3, -0.25) is 4.79 Å². The van der Waals surface area contributed by atoms with Gasteiger partial charge in [0.2, 0.25) is 5.91 Å². The maximum absolute atomic E-state index is 13.5. The van der Waals surface area contributed by atoms with Crippen LogP contribution in [0.5, 0.6) is 0 Å². The Labute approximate surface area is 97.0 Å². The van der Waals surface area contributed by atoms with E-state index in [2.05, 4.69) is 0 Å². The van der Waals surface area contributed by atoms with E-state index in [0.29, 0.717) is 0 Å². The molecule has 1 amide bonds. The van der Waals surface area contributed by atoms with Crippen LogP contribution in [0, 0.1) is 23.1 Å². The number of para-hydroxylation sites is 1. The molecule has 1 heterocycles. The first kappa shape index (κ1) is 10.9. The zero-order valence-electron chi connectivity index (χ0n) is 8.28. The van der Waals surface area contributed by atoms with Crippen LogP contribution in [0.15, 0.2) is 18.2 Å². The quantitative estimate of drug-likeness (QED) is 0.754. The van der Waals surface area contributed by atoms with Crippen molar-refractivity contribution in [3.05, 3.63) is 29.0 Å². The monoisotopic (exact) mass is 238 g/mol. The smallest absolute Gasteiger partial charge is 0.228 e. The number of halogens is 2. The molecule has 0 spiro atoms. The number of hydrogen-bond acceptors (Lipinski definition) is 2. The topological polar surface area (TPSA) is 44.1 Å². The lowest BCUT2D eigenvalue weighted by atomic mass is 10.1. The highest BCUT2D eigenvalue weighted by atomic mass is 35.5. The Balaban J connectivity index is 2.39. The van der Waals surface area contributed by atoms with Crippen LogP contribution in [0.1, 0.15) is 6.42 Å². The molecule has 0 aromatic heterocycles. The Kier molecular flexibility index (Phi) is 2.80. The third-order valence-electron chi connectivity index (χ3n) is 2.52. The largest absolute Gasteiger partial charge is 0.307 e. The van der Waals surface area contributed by atoms with E-state index in [1.165, 1.54) is 23.1 Å². The van der Waals surface area contributed by atoms with Gasteiger partial charge in [0.25, 0.3) is 0 Å². The van der Waals surface area contributed by atoms with E-state index in [1.807, 2.05) is 6.07 Å². The highest BCUT2D eigenvalue weighted by molar-refractivity contribution is 6.33. The molecule has 16 heavy (non-hydrogen) atoms. The Morgan fingerprint density at radius 1 is 1.56 bits per heavy atom. The van der Waals surface area contributed by atoms with E-state index < -0.39 is 5.82 Å². The molecule has 0 N–H and O–H groups in total. The lowest BCUT2D eigenvalue weighted by Crippen LogP contribution is -2.25. The average Bonchev–Trinajstić information content (AvgIpc) is 2.60. The van der Waals surface area contributed by atoms with Crippen LogP contribution in [0.4, 0.5) is 10.1 Å². The molecule has 1 saturated heterocycles. The molecule has 0 bridgehead atoms. The third-order valence-corrected chi connectivity index (χ3v) is 2.82. The first-order valence-electron chi connectivity index (χ1n) is 4.77. The van der Waals surface area contributed by atoms with Gasteiger partial charge in [0, 0.05) is 13.0 Å². The lowest BCUT2D eigenvalue weighted by Gasteiger charge is -2.17. The van der Waals surface area contributed by atoms with E-state index in [1.54, 1.807) is 0 Å². The molecule has 0 aliphatic carbocycles. The van der Waals surface area contributed by atoms with Crippen molar-refractivity contribution >= 4 is 23.2 Å². The minimum absolute atomic E-state index is 0.0758. The second kappa shape index (κ2) is 4.11. The maximum Gasteiger partial charge on any atom is 0.228 e. The zero-order valence-corrected chi connectivity index (χ0v) is 9.04. The number of nitrogens with zero attached hydrogens (tertiary/aromatic N) is 2. The van der Waals surface area contributed by atoms with Crippen LogP contribution in [-0.2, 0) is 4.79 Å². The Hall–Kier alpha value is -1.60. The molecular weight excluding hydrogens is 231 g/mol. The summed E-state index contributed by atoms with van der Waals surface area (Å²) in [7, 11) is 0. The molecule has 1 aromatic rings. The highest BCUT2D eigenvalue weighted by Gasteiger charge is 2.33. The summed E-state index contributed by atoms with van der Waals surface area (Å²) in [5, 5.41) is 8.92. The molecule has 2 rings (SSSR count). The summed E-state index contributed by atoms with van der Waals surface area (Å²) in [6.45, 7) is 0.204. The van der Waals surface area contributed by atoms with Crippen molar-refractivity contribution in [2.24, 2.45) is 5.92 Å². The van der Waals surface area contributed by atoms with Gasteiger partial charge in [0.15, 0.2) is 0 Å². The van der Waals surface area contributed by atoms with Crippen LogP contribution in [-0.4, -0.2) is 12.5 Å². The van der Waals surface area contributed by atoms with Crippen molar-refractivity contribution in [3.63, 3.8) is 0 Å². The van der Waals surface area contributed by atoms with E-state index in [9.17, 15) is 9.18 Å². The SMILES string of the molecule is N#CC1CC(=O)N(c2c(F)cccc2Cl)C1. The van der Waals surface area contributed by atoms with E-state index in [-0.39, 0.29) is 35.5 Å². The van der Waals surface area contributed by atoms with Crippen LogP contribution < -0.4 is 4.90 Å². The molecule has 5 heteroatoms. The van der Waals surface area contributed by atoms with Gasteiger partial charge in [0.05, 0.1) is 22.7 Å². The van der Waals surface area contributed by atoms with Crippen LogP contribution >= 0.6 is 11.6 Å². The lowest BCUT2D eigenvalue weighted by molar-refractivity contribution is -0.117. The van der Waals surface area contributed by atoms with Gasteiger partial charge >= 0.3 is 0 Å². The van der Waals surface area contributed by atoms with Gasteiger partial charge in [-0.05, 0) is 12.1 Å². The molecule has 1 atom stereocenters. The van der Waals surface area contributed by atoms with E-state index in [0.717, 1.165) is 0 Å². The fourth-order valence-corrected chi connectivity index (χ4v) is 2.02. The Bertz CT molecular complexity index is 463. The Morgan fingerprint density at radius 3 is 2.88 bits per heavy atom. The number of anilines is 1. The van der Waals surface area contributed by atoms with Gasteiger partial charge in [-0.1, -0.05) is 17.7 Å². The van der Waals surface area contributed by atoms with E-state index in [4.69, 9.17) is 16.9 Å². The van der Waals surface area contributed by atoms with Crippen molar-refractivity contribution in [3.8, 4) is 6.07 Å². The molecule has 82 valence electrons. The molecular formula is C11H8ClFN2O. The standard InChI is InChI=1S/C11H8ClFN2O/c12-8-2-1-3-9(13)11(8)15-6-7(5-14)4-10(15)16/h1-3,7H,4,6H2. The van der Waals surface area contributed by atoms with Crippen LogP contribution in [0.2, 0.25) is 5.02 Å². The number of carbonyl (C=O) groups is 1. The average molecular weight is 239 g/mol. The fraction of sp³-hybridized carbons (Fsp3) is 0.273. The minimum atomic E-state index is -0.542. The summed E-state index contributed by atoms with van der Waals surface area (Å²) in [4.78, 5) is 12.8. The second-order valence-corrected chi connectivity index (χ2v) is 4.01. The number of nitriles is 1. The molecule has 1 aliphatic rings. The predicted octanol–water partition coefficient (Wildman–Crippen LogP) is 2.36. The summed E-state index contributed by atoms with van der Waals surface area (Å²) < 4.78 is 13.5. The van der Waals surface area contributed by atoms with Gasteiger partial charge in [-0.25, -0.2) is 4.39 Å². The number of amides is 1. The summed E-state index contributed by atoms with van der Waals surface area (Å²) in [5.74, 6) is -1.19. The molecule has 0 saturated carbocycles. The third kappa shape index (κ3) is 1.74. The Morgan fingerprint density at radius 2 is 2.31 bits per heavy atom. The molecule has 1 aromatic carbocycles. The highest BCUT2D eigenvalue weighted by Crippen LogP contribution is 2.33. The van der Waals surface area contributed by atoms with Gasteiger partial charge in [-0.15, -0.1) is 0 Å². The number of rotatable bonds is 1. The number of benzene rings is 1. The molecule has 3 nitrogen and oxygen atoms in total. The van der Waals surface area contributed by atoms with E-state index >= 15 is 0 Å². The summed E-state index contributed by atoms with van der Waals surface area (Å²) in [6, 6.07) is 6.25. The first-order valence-corrected chi connectivity index (χ1v) is 5.15.